The lowest BCUT2D eigenvalue weighted by Gasteiger charge is -2.29. The van der Waals surface area contributed by atoms with E-state index < -0.39 is 11.7 Å². The van der Waals surface area contributed by atoms with Gasteiger partial charge in [-0.3, -0.25) is 0 Å². The third kappa shape index (κ3) is 4.51. The van der Waals surface area contributed by atoms with E-state index in [1.165, 1.54) is 11.6 Å². The maximum Gasteiger partial charge on any atom is 0.416 e. The van der Waals surface area contributed by atoms with E-state index >= 15 is 0 Å². The fourth-order valence-electron chi connectivity index (χ4n) is 4.65. The molecule has 1 fully saturated rings. The number of aryl methyl sites for hydroxylation is 1. The number of halogens is 3. The van der Waals surface area contributed by atoms with Crippen LogP contribution in [0.1, 0.15) is 48.3 Å². The van der Waals surface area contributed by atoms with Gasteiger partial charge in [0.05, 0.1) is 29.8 Å². The molecule has 0 spiro atoms. The molecule has 0 amide bonds. The van der Waals surface area contributed by atoms with Crippen LogP contribution in [0.25, 0.3) is 16.6 Å². The Kier molecular flexibility index (Phi) is 6.52. The highest BCUT2D eigenvalue weighted by molar-refractivity contribution is 5.93. The fourth-order valence-corrected chi connectivity index (χ4v) is 4.65. The van der Waals surface area contributed by atoms with Crippen LogP contribution in [0.2, 0.25) is 0 Å². The van der Waals surface area contributed by atoms with Gasteiger partial charge in [0.1, 0.15) is 5.82 Å². The summed E-state index contributed by atoms with van der Waals surface area (Å²) in [5.41, 5.74) is 5.54. The second-order valence-corrected chi connectivity index (χ2v) is 8.46. The van der Waals surface area contributed by atoms with Gasteiger partial charge in [0, 0.05) is 30.9 Å². The molecule has 1 aliphatic heterocycles. The van der Waals surface area contributed by atoms with Crippen LogP contribution in [-0.2, 0) is 17.5 Å². The standard InChI is InChI=1S/C26H30F3N3O/c1-5-19(6-2)22-14-21(31-10-12-33-13-11-31)15-24-25(22)30-18(4)32(24)16-20-8-7-9-23(17(20)3)26(27,28)29/h5,7-9,14-15H,6,10-13,16H2,1-4H3. The fraction of sp³-hybridized carbons (Fsp3) is 0.423. The molecule has 1 aromatic heterocycles. The van der Waals surface area contributed by atoms with Gasteiger partial charge in [-0.15, -0.1) is 0 Å². The highest BCUT2D eigenvalue weighted by Crippen LogP contribution is 2.35. The quantitative estimate of drug-likeness (QED) is 0.446. The van der Waals surface area contributed by atoms with E-state index in [0.29, 0.717) is 25.3 Å². The number of aromatic nitrogens is 2. The molecule has 2 aromatic carbocycles. The summed E-state index contributed by atoms with van der Waals surface area (Å²) in [7, 11) is 0. The molecule has 0 N–H and O–H groups in total. The molecule has 3 aromatic rings. The molecular weight excluding hydrogens is 427 g/mol. The normalized spacial score (nSPS) is 15.5. The van der Waals surface area contributed by atoms with E-state index in [-0.39, 0.29) is 5.56 Å². The number of morpholine rings is 1. The Morgan fingerprint density at radius 2 is 1.88 bits per heavy atom. The summed E-state index contributed by atoms with van der Waals surface area (Å²) in [6.45, 7) is 10.9. The van der Waals surface area contributed by atoms with E-state index in [1.807, 2.05) is 18.4 Å². The molecule has 2 heterocycles. The van der Waals surface area contributed by atoms with Gasteiger partial charge in [-0.25, -0.2) is 4.98 Å². The zero-order valence-corrected chi connectivity index (χ0v) is 19.6. The molecule has 7 heteroatoms. The summed E-state index contributed by atoms with van der Waals surface area (Å²) in [5, 5.41) is 0. The summed E-state index contributed by atoms with van der Waals surface area (Å²) in [6, 6.07) is 8.71. The van der Waals surface area contributed by atoms with Crippen LogP contribution >= 0.6 is 0 Å². The first-order valence-corrected chi connectivity index (χ1v) is 11.4. The van der Waals surface area contributed by atoms with Crippen molar-refractivity contribution in [2.75, 3.05) is 31.2 Å². The van der Waals surface area contributed by atoms with Crippen molar-refractivity contribution >= 4 is 22.3 Å². The van der Waals surface area contributed by atoms with E-state index in [0.717, 1.165) is 53.7 Å². The van der Waals surface area contributed by atoms with Crippen molar-refractivity contribution in [3.63, 3.8) is 0 Å². The number of allylic oxidation sites excluding steroid dienone is 2. The number of fused-ring (bicyclic) bond motifs is 1. The molecule has 0 atom stereocenters. The molecule has 0 unspecified atom stereocenters. The molecule has 4 nitrogen and oxygen atoms in total. The largest absolute Gasteiger partial charge is 0.416 e. The van der Waals surface area contributed by atoms with Crippen molar-refractivity contribution < 1.29 is 17.9 Å². The van der Waals surface area contributed by atoms with E-state index in [4.69, 9.17) is 9.72 Å². The first-order chi connectivity index (χ1) is 15.7. The zero-order valence-electron chi connectivity index (χ0n) is 19.6. The van der Waals surface area contributed by atoms with Gasteiger partial charge in [0.15, 0.2) is 0 Å². The van der Waals surface area contributed by atoms with Gasteiger partial charge in [0.25, 0.3) is 0 Å². The molecule has 1 aliphatic rings. The third-order valence-electron chi connectivity index (χ3n) is 6.56. The Balaban J connectivity index is 1.88. The van der Waals surface area contributed by atoms with Crippen LogP contribution in [0.3, 0.4) is 0 Å². The average Bonchev–Trinajstić information content (AvgIpc) is 3.11. The molecule has 0 aliphatic carbocycles. The van der Waals surface area contributed by atoms with Gasteiger partial charge in [0.2, 0.25) is 0 Å². The number of anilines is 1. The number of ether oxygens (including phenoxy) is 1. The number of hydrogen-bond donors (Lipinski definition) is 0. The number of benzene rings is 2. The number of nitrogens with zero attached hydrogens (tertiary/aromatic N) is 3. The van der Waals surface area contributed by atoms with E-state index in [9.17, 15) is 13.2 Å². The van der Waals surface area contributed by atoms with Gasteiger partial charge in [-0.1, -0.05) is 25.1 Å². The van der Waals surface area contributed by atoms with Crippen LogP contribution in [0.4, 0.5) is 18.9 Å². The molecular formula is C26H30F3N3O. The summed E-state index contributed by atoms with van der Waals surface area (Å²) >= 11 is 0. The second-order valence-electron chi connectivity index (χ2n) is 8.46. The molecule has 176 valence electrons. The van der Waals surface area contributed by atoms with Crippen molar-refractivity contribution in [1.82, 2.24) is 9.55 Å². The zero-order chi connectivity index (χ0) is 23.8. The van der Waals surface area contributed by atoms with Crippen LogP contribution in [0, 0.1) is 13.8 Å². The van der Waals surface area contributed by atoms with Crippen molar-refractivity contribution in [2.24, 2.45) is 0 Å². The second kappa shape index (κ2) is 9.21. The summed E-state index contributed by atoms with van der Waals surface area (Å²) in [6.07, 6.45) is -1.38. The molecule has 33 heavy (non-hydrogen) atoms. The van der Waals surface area contributed by atoms with Crippen molar-refractivity contribution in [1.29, 1.82) is 0 Å². The Labute approximate surface area is 192 Å². The number of rotatable bonds is 5. The molecule has 1 saturated heterocycles. The Morgan fingerprint density at radius 1 is 1.15 bits per heavy atom. The van der Waals surface area contributed by atoms with Crippen LogP contribution in [0.15, 0.2) is 36.4 Å². The summed E-state index contributed by atoms with van der Waals surface area (Å²) in [5.74, 6) is 0.786. The smallest absolute Gasteiger partial charge is 0.378 e. The topological polar surface area (TPSA) is 30.3 Å². The Hall–Kier alpha value is -2.80. The number of hydrogen-bond acceptors (Lipinski definition) is 3. The molecule has 0 radical (unpaired) electrons. The third-order valence-corrected chi connectivity index (χ3v) is 6.56. The SMILES string of the molecule is CC=C(CC)c1cc(N2CCOCC2)cc2c1nc(C)n2Cc1cccc(C(F)(F)F)c1C. The van der Waals surface area contributed by atoms with Crippen LogP contribution < -0.4 is 4.90 Å². The molecule has 4 rings (SSSR count). The maximum atomic E-state index is 13.5. The van der Waals surface area contributed by atoms with Crippen LogP contribution in [0.5, 0.6) is 0 Å². The first kappa shape index (κ1) is 23.4. The monoisotopic (exact) mass is 457 g/mol. The lowest BCUT2D eigenvalue weighted by Crippen LogP contribution is -2.36. The minimum atomic E-state index is -4.37. The number of alkyl halides is 3. The van der Waals surface area contributed by atoms with Gasteiger partial charge < -0.3 is 14.2 Å². The highest BCUT2D eigenvalue weighted by atomic mass is 19.4. The van der Waals surface area contributed by atoms with Gasteiger partial charge >= 0.3 is 6.18 Å². The average molecular weight is 458 g/mol. The predicted octanol–water partition coefficient (Wildman–Crippen LogP) is 6.37. The minimum absolute atomic E-state index is 0.263. The predicted molar refractivity (Wildman–Crippen MR) is 127 cm³/mol. The molecule has 0 bridgehead atoms. The van der Waals surface area contributed by atoms with Crippen molar-refractivity contribution in [2.45, 2.75) is 46.8 Å². The van der Waals surface area contributed by atoms with Gasteiger partial charge in [-0.2, -0.15) is 13.2 Å². The van der Waals surface area contributed by atoms with Gasteiger partial charge in [-0.05, 0) is 62.1 Å². The lowest BCUT2D eigenvalue weighted by atomic mass is 10.00. The number of imidazole rings is 1. The van der Waals surface area contributed by atoms with E-state index in [1.54, 1.807) is 13.0 Å². The van der Waals surface area contributed by atoms with Crippen molar-refractivity contribution in [3.8, 4) is 0 Å². The van der Waals surface area contributed by atoms with Crippen LogP contribution in [-0.4, -0.2) is 35.9 Å². The first-order valence-electron chi connectivity index (χ1n) is 11.4. The van der Waals surface area contributed by atoms with E-state index in [2.05, 4.69) is 30.0 Å². The summed E-state index contributed by atoms with van der Waals surface area (Å²) in [4.78, 5) is 7.17. The maximum absolute atomic E-state index is 13.5. The highest BCUT2D eigenvalue weighted by Gasteiger charge is 2.33. The summed E-state index contributed by atoms with van der Waals surface area (Å²) < 4.78 is 48.0. The Morgan fingerprint density at radius 3 is 2.52 bits per heavy atom. The van der Waals surface area contributed by atoms with Crippen molar-refractivity contribution in [3.05, 3.63) is 64.5 Å². The Bertz CT molecular complexity index is 1190. The molecule has 0 saturated carbocycles. The lowest BCUT2D eigenvalue weighted by molar-refractivity contribution is -0.138. The minimum Gasteiger partial charge on any atom is -0.378 e.